The fraction of sp³-hybridized carbons (Fsp3) is 0.0667. The van der Waals surface area contributed by atoms with Gasteiger partial charge in [0.25, 0.3) is 0 Å². The Bertz CT molecular complexity index is 822. The van der Waals surface area contributed by atoms with Crippen molar-refractivity contribution in [3.63, 3.8) is 0 Å². The molecular formula is C15H8F3N3O. The number of methoxy groups -OCH3 is 1. The summed E-state index contributed by atoms with van der Waals surface area (Å²) < 4.78 is 47.0. The fourth-order valence-corrected chi connectivity index (χ4v) is 1.86. The normalized spacial score (nSPS) is 9.73. The summed E-state index contributed by atoms with van der Waals surface area (Å²) in [5.41, 5.74) is -2.52. The Morgan fingerprint density at radius 2 is 1.55 bits per heavy atom. The number of para-hydroxylation sites is 2. The SMILES string of the molecule is COc1ccccc1Nc1c(F)c(F)c(C#N)c(C#N)c1F. The molecule has 0 amide bonds. The van der Waals surface area contributed by atoms with Gasteiger partial charge in [-0.2, -0.15) is 10.5 Å². The van der Waals surface area contributed by atoms with Gasteiger partial charge in [-0.3, -0.25) is 0 Å². The van der Waals surface area contributed by atoms with Crippen molar-refractivity contribution in [2.75, 3.05) is 12.4 Å². The van der Waals surface area contributed by atoms with Crippen molar-refractivity contribution >= 4 is 11.4 Å². The maximum absolute atomic E-state index is 14.2. The number of nitrogens with zero attached hydrogens (tertiary/aromatic N) is 2. The van der Waals surface area contributed by atoms with Crippen molar-refractivity contribution in [2.24, 2.45) is 0 Å². The Hall–Kier alpha value is -3.19. The molecule has 0 aliphatic carbocycles. The largest absolute Gasteiger partial charge is 0.495 e. The fourth-order valence-electron chi connectivity index (χ4n) is 1.86. The van der Waals surface area contributed by atoms with Gasteiger partial charge in [-0.05, 0) is 12.1 Å². The molecule has 2 rings (SSSR count). The van der Waals surface area contributed by atoms with Crippen LogP contribution in [0.1, 0.15) is 11.1 Å². The van der Waals surface area contributed by atoms with E-state index in [1.807, 2.05) is 0 Å². The number of benzene rings is 2. The summed E-state index contributed by atoms with van der Waals surface area (Å²) in [6, 6.07) is 8.84. The zero-order valence-corrected chi connectivity index (χ0v) is 11.2. The van der Waals surface area contributed by atoms with Crippen LogP contribution in [0.15, 0.2) is 24.3 Å². The maximum Gasteiger partial charge on any atom is 0.186 e. The van der Waals surface area contributed by atoms with Crippen molar-refractivity contribution in [3.05, 3.63) is 52.8 Å². The Balaban J connectivity index is 2.65. The Morgan fingerprint density at radius 3 is 2.14 bits per heavy atom. The Labute approximate surface area is 124 Å². The van der Waals surface area contributed by atoms with E-state index in [2.05, 4.69) is 5.32 Å². The van der Waals surface area contributed by atoms with Gasteiger partial charge in [-0.15, -0.1) is 0 Å². The van der Waals surface area contributed by atoms with E-state index < -0.39 is 34.3 Å². The molecule has 110 valence electrons. The van der Waals surface area contributed by atoms with Crippen LogP contribution >= 0.6 is 0 Å². The second-order valence-corrected chi connectivity index (χ2v) is 4.12. The standard InChI is InChI=1S/C15H8F3N3O/c1-22-11-5-3-2-4-10(11)21-15-13(17)9(7-20)8(6-19)12(16)14(15)18/h2-5,21H,1H3. The van der Waals surface area contributed by atoms with Gasteiger partial charge >= 0.3 is 0 Å². The van der Waals surface area contributed by atoms with Crippen molar-refractivity contribution in [3.8, 4) is 17.9 Å². The van der Waals surface area contributed by atoms with Gasteiger partial charge in [-0.1, -0.05) is 12.1 Å². The van der Waals surface area contributed by atoms with Crippen LogP contribution in [0.4, 0.5) is 24.5 Å². The molecule has 0 fully saturated rings. The summed E-state index contributed by atoms with van der Waals surface area (Å²) in [6.45, 7) is 0. The van der Waals surface area contributed by atoms with Crippen LogP contribution in [0.2, 0.25) is 0 Å². The van der Waals surface area contributed by atoms with E-state index in [0.717, 1.165) is 0 Å². The summed E-state index contributed by atoms with van der Waals surface area (Å²) in [7, 11) is 1.35. The molecule has 0 aliphatic heterocycles. The number of halogens is 3. The quantitative estimate of drug-likeness (QED) is 0.880. The number of nitrogens with one attached hydrogen (secondary N) is 1. The summed E-state index contributed by atoms with van der Waals surface area (Å²) in [6.07, 6.45) is 0. The predicted molar refractivity (Wildman–Crippen MR) is 72.0 cm³/mol. The lowest BCUT2D eigenvalue weighted by Crippen LogP contribution is -2.07. The second kappa shape index (κ2) is 6.06. The number of hydrogen-bond acceptors (Lipinski definition) is 4. The van der Waals surface area contributed by atoms with Crippen LogP contribution in [0, 0.1) is 40.1 Å². The number of nitriles is 2. The average Bonchev–Trinajstić information content (AvgIpc) is 2.54. The van der Waals surface area contributed by atoms with Crippen LogP contribution in [0.25, 0.3) is 0 Å². The van der Waals surface area contributed by atoms with Gasteiger partial charge in [0.15, 0.2) is 17.5 Å². The van der Waals surface area contributed by atoms with Crippen LogP contribution in [-0.2, 0) is 0 Å². The summed E-state index contributed by atoms with van der Waals surface area (Å²) in [5.74, 6) is -4.25. The average molecular weight is 303 g/mol. The topological polar surface area (TPSA) is 68.8 Å². The lowest BCUT2D eigenvalue weighted by atomic mass is 10.1. The minimum absolute atomic E-state index is 0.177. The van der Waals surface area contributed by atoms with Gasteiger partial charge in [0.2, 0.25) is 0 Å². The highest BCUT2D eigenvalue weighted by atomic mass is 19.2. The Morgan fingerprint density at radius 1 is 0.955 bits per heavy atom. The molecule has 1 N–H and O–H groups in total. The smallest absolute Gasteiger partial charge is 0.186 e. The van der Waals surface area contributed by atoms with Gasteiger partial charge in [0.05, 0.1) is 12.8 Å². The lowest BCUT2D eigenvalue weighted by molar-refractivity contribution is 0.416. The van der Waals surface area contributed by atoms with Crippen LogP contribution < -0.4 is 10.1 Å². The van der Waals surface area contributed by atoms with E-state index >= 15 is 0 Å². The van der Waals surface area contributed by atoms with Crippen molar-refractivity contribution in [2.45, 2.75) is 0 Å². The first-order valence-corrected chi connectivity index (χ1v) is 5.95. The number of anilines is 2. The third kappa shape index (κ3) is 2.40. The molecule has 0 radical (unpaired) electrons. The van der Waals surface area contributed by atoms with Crippen LogP contribution in [0.3, 0.4) is 0 Å². The molecule has 2 aromatic carbocycles. The Kier molecular flexibility index (Phi) is 4.19. The molecule has 0 spiro atoms. The van der Waals surface area contributed by atoms with Gasteiger partial charge in [-0.25, -0.2) is 13.2 Å². The van der Waals surface area contributed by atoms with Gasteiger partial charge in [0.1, 0.15) is 34.7 Å². The zero-order valence-electron chi connectivity index (χ0n) is 11.2. The molecule has 0 atom stereocenters. The predicted octanol–water partition coefficient (Wildman–Crippen LogP) is 3.60. The minimum atomic E-state index is -1.59. The molecule has 4 nitrogen and oxygen atoms in total. The molecule has 0 aliphatic rings. The highest BCUT2D eigenvalue weighted by molar-refractivity contribution is 5.70. The maximum atomic E-state index is 14.2. The third-order valence-corrected chi connectivity index (χ3v) is 2.91. The lowest BCUT2D eigenvalue weighted by Gasteiger charge is -2.14. The highest BCUT2D eigenvalue weighted by Crippen LogP contribution is 2.33. The van der Waals surface area contributed by atoms with E-state index in [0.29, 0.717) is 0 Å². The first-order chi connectivity index (χ1) is 10.5. The molecule has 0 saturated carbocycles. The molecule has 22 heavy (non-hydrogen) atoms. The third-order valence-electron chi connectivity index (χ3n) is 2.91. The molecule has 7 heteroatoms. The number of hydrogen-bond donors (Lipinski definition) is 1. The number of ether oxygens (including phenoxy) is 1. The van der Waals surface area contributed by atoms with Crippen LogP contribution in [0.5, 0.6) is 5.75 Å². The molecule has 0 aromatic heterocycles. The molecule has 0 unspecified atom stereocenters. The van der Waals surface area contributed by atoms with Crippen LogP contribution in [-0.4, -0.2) is 7.11 Å². The molecule has 0 saturated heterocycles. The second-order valence-electron chi connectivity index (χ2n) is 4.12. The van der Waals surface area contributed by atoms with Crippen molar-refractivity contribution in [1.82, 2.24) is 0 Å². The molecule has 2 aromatic rings. The van der Waals surface area contributed by atoms with Gasteiger partial charge in [0, 0.05) is 0 Å². The zero-order chi connectivity index (χ0) is 16.3. The summed E-state index contributed by atoms with van der Waals surface area (Å²) in [4.78, 5) is 0. The molecule has 0 bridgehead atoms. The van der Waals surface area contributed by atoms with E-state index in [1.165, 1.54) is 31.4 Å². The molecule has 0 heterocycles. The number of rotatable bonds is 3. The van der Waals surface area contributed by atoms with E-state index in [9.17, 15) is 13.2 Å². The van der Waals surface area contributed by atoms with E-state index in [4.69, 9.17) is 15.3 Å². The van der Waals surface area contributed by atoms with Crippen molar-refractivity contribution in [1.29, 1.82) is 10.5 Å². The highest BCUT2D eigenvalue weighted by Gasteiger charge is 2.25. The molecular weight excluding hydrogens is 295 g/mol. The van der Waals surface area contributed by atoms with Gasteiger partial charge < -0.3 is 10.1 Å². The van der Waals surface area contributed by atoms with E-state index in [-0.39, 0.29) is 11.4 Å². The summed E-state index contributed by atoms with van der Waals surface area (Å²) >= 11 is 0. The minimum Gasteiger partial charge on any atom is -0.495 e. The van der Waals surface area contributed by atoms with Crippen molar-refractivity contribution < 1.29 is 17.9 Å². The van der Waals surface area contributed by atoms with E-state index in [1.54, 1.807) is 12.1 Å². The first-order valence-electron chi connectivity index (χ1n) is 5.95. The first kappa shape index (κ1) is 15.2. The monoisotopic (exact) mass is 303 g/mol. The summed E-state index contributed by atoms with van der Waals surface area (Å²) in [5, 5.41) is 19.9.